The van der Waals surface area contributed by atoms with Crippen LogP contribution in [0, 0.1) is 5.82 Å². The Morgan fingerprint density at radius 1 is 1.10 bits per heavy atom. The molecule has 1 saturated carbocycles. The second kappa shape index (κ2) is 7.31. The molecule has 2 heterocycles. The maximum atomic E-state index is 13.2. The highest BCUT2D eigenvalue weighted by Crippen LogP contribution is 2.33. The summed E-state index contributed by atoms with van der Waals surface area (Å²) >= 11 is 6.34. The van der Waals surface area contributed by atoms with Crippen molar-refractivity contribution in [3.05, 3.63) is 92.1 Å². The summed E-state index contributed by atoms with van der Waals surface area (Å²) in [7, 11) is 0. The fourth-order valence-corrected chi connectivity index (χ4v) is 3.88. The van der Waals surface area contributed by atoms with Crippen molar-refractivity contribution < 1.29 is 9.18 Å². The van der Waals surface area contributed by atoms with E-state index in [4.69, 9.17) is 11.6 Å². The molecule has 0 amide bonds. The number of fused-ring (bicyclic) bond motifs is 1. The Kier molecular flexibility index (Phi) is 4.59. The van der Waals surface area contributed by atoms with Gasteiger partial charge in [-0.25, -0.2) is 18.7 Å². The lowest BCUT2D eigenvalue weighted by atomic mass is 10.1. The molecule has 2 aromatic heterocycles. The molecule has 0 radical (unpaired) electrons. The summed E-state index contributed by atoms with van der Waals surface area (Å²) in [6, 6.07) is 11.8. The van der Waals surface area contributed by atoms with Gasteiger partial charge in [-0.3, -0.25) is 14.2 Å². The van der Waals surface area contributed by atoms with Crippen LogP contribution in [0.15, 0.2) is 64.4 Å². The van der Waals surface area contributed by atoms with Gasteiger partial charge < -0.3 is 4.57 Å². The van der Waals surface area contributed by atoms with E-state index in [-0.39, 0.29) is 29.5 Å². The first kappa shape index (κ1) is 19.4. The van der Waals surface area contributed by atoms with Crippen molar-refractivity contribution in [2.75, 3.05) is 0 Å². The van der Waals surface area contributed by atoms with E-state index in [9.17, 15) is 18.8 Å². The van der Waals surface area contributed by atoms with Gasteiger partial charge in [0.1, 0.15) is 5.82 Å². The SMILES string of the molecule is O=C(Cn1cnc2c1c(=O)n(C1CC1)c(=O)n2-c1ccccc1Cl)c1ccc(F)cc1. The summed E-state index contributed by atoms with van der Waals surface area (Å²) in [6.45, 7) is -0.178. The number of hydrogen-bond donors (Lipinski definition) is 0. The van der Waals surface area contributed by atoms with E-state index in [1.165, 1.54) is 44.3 Å². The number of hydrogen-bond acceptors (Lipinski definition) is 4. The zero-order chi connectivity index (χ0) is 21.7. The number of nitrogens with zero attached hydrogens (tertiary/aromatic N) is 4. The summed E-state index contributed by atoms with van der Waals surface area (Å²) in [5, 5.41) is 0.337. The average Bonchev–Trinajstić information content (AvgIpc) is 3.50. The number of benzene rings is 2. The van der Waals surface area contributed by atoms with Crippen LogP contribution in [0.4, 0.5) is 4.39 Å². The highest BCUT2D eigenvalue weighted by Gasteiger charge is 2.31. The minimum atomic E-state index is -0.511. The number of imidazole rings is 1. The Morgan fingerprint density at radius 2 is 1.81 bits per heavy atom. The summed E-state index contributed by atoms with van der Waals surface area (Å²) in [5.41, 5.74) is -0.0129. The minimum absolute atomic E-state index is 0.131. The molecule has 5 rings (SSSR count). The van der Waals surface area contributed by atoms with Gasteiger partial charge in [0.05, 0.1) is 23.6 Å². The van der Waals surface area contributed by atoms with Gasteiger partial charge in [0.2, 0.25) is 0 Å². The van der Waals surface area contributed by atoms with E-state index in [2.05, 4.69) is 4.98 Å². The number of aromatic nitrogens is 4. The highest BCUT2D eigenvalue weighted by atomic mass is 35.5. The zero-order valence-corrected chi connectivity index (χ0v) is 16.9. The van der Waals surface area contributed by atoms with Crippen molar-refractivity contribution in [1.82, 2.24) is 18.7 Å². The van der Waals surface area contributed by atoms with Crippen molar-refractivity contribution in [2.24, 2.45) is 0 Å². The Morgan fingerprint density at radius 3 is 2.48 bits per heavy atom. The Balaban J connectivity index is 1.71. The first-order valence-corrected chi connectivity index (χ1v) is 10.1. The molecule has 1 aliphatic rings. The van der Waals surface area contributed by atoms with Gasteiger partial charge in [0, 0.05) is 11.6 Å². The molecule has 0 unspecified atom stereocenters. The van der Waals surface area contributed by atoms with Crippen LogP contribution in [-0.4, -0.2) is 24.5 Å². The van der Waals surface area contributed by atoms with Crippen LogP contribution < -0.4 is 11.2 Å². The topological polar surface area (TPSA) is 78.9 Å². The van der Waals surface area contributed by atoms with Gasteiger partial charge >= 0.3 is 5.69 Å². The molecule has 7 nitrogen and oxygen atoms in total. The smallest absolute Gasteiger partial charge is 0.317 e. The van der Waals surface area contributed by atoms with Gasteiger partial charge in [0.15, 0.2) is 16.9 Å². The van der Waals surface area contributed by atoms with Crippen molar-refractivity contribution in [2.45, 2.75) is 25.4 Å². The Bertz CT molecular complexity index is 1450. The molecular formula is C22H16ClFN4O3. The van der Waals surface area contributed by atoms with Gasteiger partial charge in [-0.15, -0.1) is 0 Å². The van der Waals surface area contributed by atoms with Crippen molar-refractivity contribution in [1.29, 1.82) is 0 Å². The van der Waals surface area contributed by atoms with E-state index in [1.807, 2.05) is 0 Å². The molecule has 156 valence electrons. The summed E-state index contributed by atoms with van der Waals surface area (Å²) in [6.07, 6.45) is 2.81. The fraction of sp³-hybridized carbons (Fsp3) is 0.182. The largest absolute Gasteiger partial charge is 0.337 e. The standard InChI is InChI=1S/C22H16ClFN4O3/c23-16-3-1-2-4-17(16)28-20-19(21(30)27(22(28)31)15-9-10-15)26(12-25-20)11-18(29)13-5-7-14(24)8-6-13/h1-8,12,15H,9-11H2. The van der Waals surface area contributed by atoms with Crippen LogP contribution >= 0.6 is 11.6 Å². The van der Waals surface area contributed by atoms with Crippen molar-refractivity contribution >= 4 is 28.5 Å². The normalized spacial score (nSPS) is 13.6. The molecule has 9 heteroatoms. The van der Waals surface area contributed by atoms with Gasteiger partial charge in [0.25, 0.3) is 5.56 Å². The predicted molar refractivity (Wildman–Crippen MR) is 114 cm³/mol. The third-order valence-electron chi connectivity index (χ3n) is 5.33. The molecule has 0 saturated heterocycles. The van der Waals surface area contributed by atoms with E-state index in [1.54, 1.807) is 24.3 Å². The lowest BCUT2D eigenvalue weighted by Gasteiger charge is -2.13. The Labute approximate surface area is 179 Å². The van der Waals surface area contributed by atoms with E-state index < -0.39 is 17.1 Å². The van der Waals surface area contributed by atoms with Gasteiger partial charge in [-0.2, -0.15) is 0 Å². The molecular weight excluding hydrogens is 423 g/mol. The molecule has 0 bridgehead atoms. The molecule has 31 heavy (non-hydrogen) atoms. The molecule has 0 aliphatic heterocycles. The van der Waals surface area contributed by atoms with Crippen molar-refractivity contribution in [3.8, 4) is 5.69 Å². The maximum absolute atomic E-state index is 13.2. The third-order valence-corrected chi connectivity index (χ3v) is 5.65. The molecule has 0 atom stereocenters. The molecule has 0 spiro atoms. The van der Waals surface area contributed by atoms with Crippen LogP contribution in [0.25, 0.3) is 16.9 Å². The number of carbonyl (C=O) groups is 1. The first-order valence-electron chi connectivity index (χ1n) is 9.72. The lowest BCUT2D eigenvalue weighted by Crippen LogP contribution is -2.39. The number of carbonyl (C=O) groups excluding carboxylic acids is 1. The number of Topliss-reactive ketones (excluding diaryl/α,β-unsaturated/α-hetero) is 1. The number of halogens is 2. The summed E-state index contributed by atoms with van der Waals surface area (Å²) in [4.78, 5) is 43.5. The summed E-state index contributed by atoms with van der Waals surface area (Å²) in [5.74, 6) is -0.757. The van der Waals surface area contributed by atoms with Crippen LogP contribution in [0.5, 0.6) is 0 Å². The Hall–Kier alpha value is -3.52. The second-order valence-electron chi connectivity index (χ2n) is 7.45. The van der Waals surface area contributed by atoms with Crippen LogP contribution in [-0.2, 0) is 6.54 Å². The number of ketones is 1. The third kappa shape index (κ3) is 3.29. The zero-order valence-electron chi connectivity index (χ0n) is 16.2. The quantitative estimate of drug-likeness (QED) is 0.447. The number of para-hydroxylation sites is 1. The summed E-state index contributed by atoms with van der Waals surface area (Å²) < 4.78 is 17.1. The van der Waals surface area contributed by atoms with Gasteiger partial charge in [-0.1, -0.05) is 23.7 Å². The molecule has 0 N–H and O–H groups in total. The highest BCUT2D eigenvalue weighted by molar-refractivity contribution is 6.32. The molecule has 2 aromatic carbocycles. The lowest BCUT2D eigenvalue weighted by molar-refractivity contribution is 0.0973. The second-order valence-corrected chi connectivity index (χ2v) is 7.86. The van der Waals surface area contributed by atoms with Crippen LogP contribution in [0.2, 0.25) is 5.02 Å². The van der Waals surface area contributed by atoms with E-state index >= 15 is 0 Å². The van der Waals surface area contributed by atoms with Crippen molar-refractivity contribution in [3.63, 3.8) is 0 Å². The fourth-order valence-electron chi connectivity index (χ4n) is 3.66. The predicted octanol–water partition coefficient (Wildman–Crippen LogP) is 3.36. The average molecular weight is 439 g/mol. The number of rotatable bonds is 5. The van der Waals surface area contributed by atoms with E-state index in [0.717, 1.165) is 12.8 Å². The molecule has 1 aliphatic carbocycles. The van der Waals surface area contributed by atoms with Crippen LogP contribution in [0.3, 0.4) is 0 Å². The van der Waals surface area contributed by atoms with Gasteiger partial charge in [-0.05, 0) is 49.2 Å². The van der Waals surface area contributed by atoms with Crippen LogP contribution in [0.1, 0.15) is 29.2 Å². The molecule has 1 fully saturated rings. The molecule has 4 aromatic rings. The maximum Gasteiger partial charge on any atom is 0.337 e. The first-order chi connectivity index (χ1) is 15.0. The monoisotopic (exact) mass is 438 g/mol. The van der Waals surface area contributed by atoms with E-state index in [0.29, 0.717) is 16.3 Å². The minimum Gasteiger partial charge on any atom is -0.317 e.